The van der Waals surface area contributed by atoms with E-state index in [4.69, 9.17) is 0 Å². The number of nitrogens with one attached hydrogen (secondary N) is 2. The molecule has 4 atom stereocenters. The summed E-state index contributed by atoms with van der Waals surface area (Å²) in [6.07, 6.45) is -0.478. The molecule has 1 saturated heterocycles. The minimum atomic E-state index is -1.92. The molecule has 2 fully saturated rings. The topological polar surface area (TPSA) is 98.7 Å². The van der Waals surface area contributed by atoms with E-state index in [2.05, 4.69) is 10.6 Å². The minimum absolute atomic E-state index is 0.0222. The Morgan fingerprint density at radius 1 is 1.03 bits per heavy atom. The number of β-amino-alcohol motifs (C(OH)–C–C–N with tert-alkyl or cyclic N) is 1. The lowest BCUT2D eigenvalue weighted by Crippen LogP contribution is -2.59. The van der Waals surface area contributed by atoms with Crippen LogP contribution >= 0.6 is 0 Å². The highest BCUT2D eigenvalue weighted by Gasteiger charge is 2.53. The molecule has 3 amide bonds. The van der Waals surface area contributed by atoms with Crippen LogP contribution in [0.4, 0.5) is 4.39 Å². The molecule has 7 nitrogen and oxygen atoms in total. The number of likely N-dealkylation sites (tertiary alicyclic amines) is 1. The first-order chi connectivity index (χ1) is 15.6. The van der Waals surface area contributed by atoms with Gasteiger partial charge in [0.25, 0.3) is 5.91 Å². The predicted octanol–water partition coefficient (Wildman–Crippen LogP) is 2.88. The van der Waals surface area contributed by atoms with Gasteiger partial charge in [-0.2, -0.15) is 0 Å². The maximum atomic E-state index is 14.3. The van der Waals surface area contributed by atoms with Crippen LogP contribution in [0.15, 0.2) is 30.3 Å². The van der Waals surface area contributed by atoms with Gasteiger partial charge >= 0.3 is 0 Å². The SMILES string of the molecule is CC(C)(C)C(NC(=O)C1(F)CC1)C(=O)N1CC(O)CC1C(=O)NC(c1ccccc1)C(C)(C)C. The first kappa shape index (κ1) is 26.1. The standard InChI is InChI=1S/C26H38FN3O4/c1-24(2,3)19(16-10-8-7-9-11-16)28-21(32)18-14-17(31)15-30(18)22(33)20(25(4,5)6)29-23(34)26(27)12-13-26/h7-11,17-20,31H,12-15H2,1-6H3,(H,28,32)(H,29,34). The van der Waals surface area contributed by atoms with Gasteiger partial charge in [-0.15, -0.1) is 0 Å². The van der Waals surface area contributed by atoms with Gasteiger partial charge in [-0.25, -0.2) is 4.39 Å². The van der Waals surface area contributed by atoms with Gasteiger partial charge in [0.15, 0.2) is 5.67 Å². The Labute approximate surface area is 201 Å². The van der Waals surface area contributed by atoms with Gasteiger partial charge in [-0.05, 0) is 29.2 Å². The summed E-state index contributed by atoms with van der Waals surface area (Å²) in [4.78, 5) is 40.8. The van der Waals surface area contributed by atoms with Gasteiger partial charge in [-0.1, -0.05) is 71.9 Å². The average molecular weight is 476 g/mol. The maximum Gasteiger partial charge on any atom is 0.258 e. The van der Waals surface area contributed by atoms with E-state index in [-0.39, 0.29) is 43.2 Å². The summed E-state index contributed by atoms with van der Waals surface area (Å²) in [6.45, 7) is 11.4. The van der Waals surface area contributed by atoms with Crippen LogP contribution in [0.25, 0.3) is 0 Å². The van der Waals surface area contributed by atoms with Gasteiger partial charge in [0.05, 0.1) is 12.1 Å². The predicted molar refractivity (Wildman–Crippen MR) is 127 cm³/mol. The first-order valence-electron chi connectivity index (χ1n) is 12.0. The molecule has 0 aromatic heterocycles. The summed E-state index contributed by atoms with van der Waals surface area (Å²) in [5, 5.41) is 16.0. The van der Waals surface area contributed by atoms with Crippen molar-refractivity contribution < 1.29 is 23.9 Å². The maximum absolute atomic E-state index is 14.3. The Hall–Kier alpha value is -2.48. The average Bonchev–Trinajstić information content (AvgIpc) is 3.37. The van der Waals surface area contributed by atoms with Crippen molar-refractivity contribution in [3.8, 4) is 0 Å². The third-order valence-electron chi connectivity index (χ3n) is 6.63. The number of halogens is 1. The largest absolute Gasteiger partial charge is 0.391 e. The third kappa shape index (κ3) is 5.77. The number of nitrogens with zero attached hydrogens (tertiary/aromatic N) is 1. The molecular weight excluding hydrogens is 437 g/mol. The van der Waals surface area contributed by atoms with Crippen LogP contribution < -0.4 is 10.6 Å². The van der Waals surface area contributed by atoms with E-state index in [0.717, 1.165) is 5.56 Å². The van der Waals surface area contributed by atoms with Crippen molar-refractivity contribution >= 4 is 17.7 Å². The second kappa shape index (κ2) is 9.29. The summed E-state index contributed by atoms with van der Waals surface area (Å²) in [6, 6.07) is 7.38. The van der Waals surface area contributed by atoms with Crippen molar-refractivity contribution in [2.45, 2.75) is 90.7 Å². The molecule has 4 unspecified atom stereocenters. The molecule has 1 aromatic carbocycles. The summed E-state index contributed by atoms with van der Waals surface area (Å²) < 4.78 is 14.3. The number of carbonyl (C=O) groups excluding carboxylic acids is 3. The highest BCUT2D eigenvalue weighted by molar-refractivity contribution is 5.95. The van der Waals surface area contributed by atoms with E-state index in [1.54, 1.807) is 20.8 Å². The quantitative estimate of drug-likeness (QED) is 0.589. The number of alkyl halides is 1. The number of hydrogen-bond acceptors (Lipinski definition) is 4. The third-order valence-corrected chi connectivity index (χ3v) is 6.63. The molecule has 0 bridgehead atoms. The summed E-state index contributed by atoms with van der Waals surface area (Å²) >= 11 is 0. The van der Waals surface area contributed by atoms with Gasteiger partial charge in [-0.3, -0.25) is 14.4 Å². The lowest BCUT2D eigenvalue weighted by molar-refractivity contribution is -0.145. The number of aliphatic hydroxyl groups excluding tert-OH is 1. The second-order valence-electron chi connectivity index (χ2n) is 11.9. The number of aliphatic hydroxyl groups is 1. The molecule has 1 aromatic rings. The van der Waals surface area contributed by atoms with Crippen molar-refractivity contribution in [1.29, 1.82) is 0 Å². The molecular formula is C26H38FN3O4. The van der Waals surface area contributed by atoms with Crippen LogP contribution in [-0.4, -0.2) is 58.1 Å². The monoisotopic (exact) mass is 475 g/mol. The van der Waals surface area contributed by atoms with E-state index in [1.165, 1.54) is 4.90 Å². The highest BCUT2D eigenvalue weighted by Crippen LogP contribution is 2.40. The summed E-state index contributed by atoms with van der Waals surface area (Å²) in [7, 11) is 0. The Kier molecular flexibility index (Phi) is 7.14. The molecule has 3 N–H and O–H groups in total. The lowest BCUT2D eigenvalue weighted by Gasteiger charge is -2.37. The fraction of sp³-hybridized carbons (Fsp3) is 0.654. The van der Waals surface area contributed by atoms with Crippen LogP contribution in [-0.2, 0) is 14.4 Å². The fourth-order valence-corrected chi connectivity index (χ4v) is 4.40. The van der Waals surface area contributed by atoms with Crippen LogP contribution in [0, 0.1) is 10.8 Å². The van der Waals surface area contributed by atoms with Crippen molar-refractivity contribution in [2.24, 2.45) is 10.8 Å². The van der Waals surface area contributed by atoms with Gasteiger partial charge < -0.3 is 20.6 Å². The Morgan fingerprint density at radius 2 is 1.62 bits per heavy atom. The van der Waals surface area contributed by atoms with Crippen molar-refractivity contribution in [1.82, 2.24) is 15.5 Å². The normalized spacial score (nSPS) is 23.7. The molecule has 1 heterocycles. The molecule has 8 heteroatoms. The molecule has 34 heavy (non-hydrogen) atoms. The molecule has 1 aliphatic heterocycles. The van der Waals surface area contributed by atoms with Crippen molar-refractivity contribution in [3.05, 3.63) is 35.9 Å². The smallest absolute Gasteiger partial charge is 0.258 e. The van der Waals surface area contributed by atoms with E-state index in [9.17, 15) is 23.9 Å². The van der Waals surface area contributed by atoms with E-state index < -0.39 is 41.1 Å². The first-order valence-corrected chi connectivity index (χ1v) is 12.0. The lowest BCUT2D eigenvalue weighted by atomic mass is 9.82. The number of carbonyl (C=O) groups is 3. The van der Waals surface area contributed by atoms with E-state index in [1.807, 2.05) is 51.1 Å². The van der Waals surface area contributed by atoms with Crippen LogP contribution in [0.5, 0.6) is 0 Å². The van der Waals surface area contributed by atoms with Gasteiger partial charge in [0.1, 0.15) is 12.1 Å². The summed E-state index contributed by atoms with van der Waals surface area (Å²) in [5.41, 5.74) is -1.99. The molecule has 188 valence electrons. The number of hydrogen-bond donors (Lipinski definition) is 3. The zero-order valence-corrected chi connectivity index (χ0v) is 21.0. The van der Waals surface area contributed by atoms with Crippen LogP contribution in [0.1, 0.15) is 72.4 Å². The van der Waals surface area contributed by atoms with E-state index >= 15 is 0 Å². The Bertz CT molecular complexity index is 918. The van der Waals surface area contributed by atoms with E-state index in [0.29, 0.717) is 0 Å². The summed E-state index contributed by atoms with van der Waals surface area (Å²) in [5.74, 6) is -1.65. The zero-order valence-electron chi connectivity index (χ0n) is 21.0. The van der Waals surface area contributed by atoms with Crippen LogP contribution in [0.2, 0.25) is 0 Å². The van der Waals surface area contributed by atoms with Crippen molar-refractivity contribution in [2.75, 3.05) is 6.54 Å². The molecule has 1 aliphatic carbocycles. The highest BCUT2D eigenvalue weighted by atomic mass is 19.1. The number of benzene rings is 1. The van der Waals surface area contributed by atoms with Crippen LogP contribution in [0.3, 0.4) is 0 Å². The molecule has 0 spiro atoms. The van der Waals surface area contributed by atoms with Gasteiger partial charge in [0.2, 0.25) is 11.8 Å². The molecule has 0 radical (unpaired) electrons. The number of amides is 3. The zero-order chi connectivity index (χ0) is 25.5. The minimum Gasteiger partial charge on any atom is -0.391 e. The Morgan fingerprint density at radius 3 is 2.12 bits per heavy atom. The van der Waals surface area contributed by atoms with Crippen molar-refractivity contribution in [3.63, 3.8) is 0 Å². The fourth-order valence-electron chi connectivity index (χ4n) is 4.40. The van der Waals surface area contributed by atoms with Gasteiger partial charge in [0, 0.05) is 13.0 Å². The number of rotatable bonds is 6. The molecule has 1 saturated carbocycles. The second-order valence-corrected chi connectivity index (χ2v) is 11.9. The Balaban J connectivity index is 1.82. The molecule has 2 aliphatic rings. The molecule has 3 rings (SSSR count).